The van der Waals surface area contributed by atoms with Gasteiger partial charge >= 0.3 is 0 Å². The van der Waals surface area contributed by atoms with Crippen LogP contribution in [-0.2, 0) is 0 Å². The van der Waals surface area contributed by atoms with Crippen LogP contribution in [0.2, 0.25) is 0 Å². The Morgan fingerprint density at radius 2 is 1.79 bits per heavy atom. The molecule has 0 aromatic carbocycles. The molecule has 2 heteroatoms. The van der Waals surface area contributed by atoms with Crippen molar-refractivity contribution in [3.63, 3.8) is 0 Å². The van der Waals surface area contributed by atoms with Crippen molar-refractivity contribution < 1.29 is 0 Å². The standard InChI is InChI=1S/C17H34N2/c1-5-13(3)16-12-19(10-9-15-7-8-15)17(11-18-16)14(4)6-2/h13-18H,5-12H2,1-4H3. The lowest BCUT2D eigenvalue weighted by molar-refractivity contribution is 0.0736. The summed E-state index contributed by atoms with van der Waals surface area (Å²) in [6, 6.07) is 1.48. The molecule has 2 aliphatic rings. The highest BCUT2D eigenvalue weighted by molar-refractivity contribution is 4.91. The Morgan fingerprint density at radius 3 is 2.37 bits per heavy atom. The minimum absolute atomic E-state index is 0.713. The Hall–Kier alpha value is -0.0800. The normalized spacial score (nSPS) is 32.2. The van der Waals surface area contributed by atoms with E-state index in [1.165, 1.54) is 51.7 Å². The zero-order valence-electron chi connectivity index (χ0n) is 13.5. The van der Waals surface area contributed by atoms with Crippen molar-refractivity contribution >= 4 is 0 Å². The molecule has 1 N–H and O–H groups in total. The van der Waals surface area contributed by atoms with E-state index in [4.69, 9.17) is 0 Å². The Labute approximate surface area is 120 Å². The van der Waals surface area contributed by atoms with E-state index in [9.17, 15) is 0 Å². The predicted octanol–water partition coefficient (Wildman–Crippen LogP) is 3.52. The number of hydrogen-bond donors (Lipinski definition) is 1. The van der Waals surface area contributed by atoms with Crippen molar-refractivity contribution in [1.29, 1.82) is 0 Å². The molecule has 0 radical (unpaired) electrons. The van der Waals surface area contributed by atoms with E-state index < -0.39 is 0 Å². The SMILES string of the molecule is CCC(C)C1CN(CCC2CC2)C(C(C)CC)CN1. The fourth-order valence-corrected chi connectivity index (χ4v) is 3.36. The second-order valence-electron chi connectivity index (χ2n) is 7.08. The van der Waals surface area contributed by atoms with Crippen molar-refractivity contribution in [2.75, 3.05) is 19.6 Å². The maximum Gasteiger partial charge on any atom is 0.0246 e. The highest BCUT2D eigenvalue weighted by atomic mass is 15.2. The first kappa shape index (κ1) is 15.3. The molecule has 4 atom stereocenters. The zero-order valence-corrected chi connectivity index (χ0v) is 13.5. The largest absolute Gasteiger partial charge is 0.311 e. The summed E-state index contributed by atoms with van der Waals surface area (Å²) in [6.45, 7) is 13.3. The third kappa shape index (κ3) is 4.19. The minimum Gasteiger partial charge on any atom is -0.311 e. The molecule has 4 unspecified atom stereocenters. The van der Waals surface area contributed by atoms with E-state index in [-0.39, 0.29) is 0 Å². The van der Waals surface area contributed by atoms with Gasteiger partial charge in [-0.25, -0.2) is 0 Å². The van der Waals surface area contributed by atoms with Gasteiger partial charge in [0.1, 0.15) is 0 Å². The first-order valence-electron chi connectivity index (χ1n) is 8.63. The maximum absolute atomic E-state index is 3.83. The highest BCUT2D eigenvalue weighted by Crippen LogP contribution is 2.33. The first-order chi connectivity index (χ1) is 9.15. The van der Waals surface area contributed by atoms with Crippen molar-refractivity contribution in [1.82, 2.24) is 10.2 Å². The first-order valence-corrected chi connectivity index (χ1v) is 8.63. The Balaban J connectivity index is 1.91. The molecule has 1 aliphatic heterocycles. The average Bonchev–Trinajstić information content (AvgIpc) is 3.27. The van der Waals surface area contributed by atoms with Crippen LogP contribution in [0, 0.1) is 17.8 Å². The molecular formula is C17H34N2. The molecule has 1 aliphatic carbocycles. The number of piperazine rings is 1. The molecular weight excluding hydrogens is 232 g/mol. The molecule has 0 spiro atoms. The van der Waals surface area contributed by atoms with Gasteiger partial charge in [0.15, 0.2) is 0 Å². The van der Waals surface area contributed by atoms with Crippen LogP contribution in [0.1, 0.15) is 59.8 Å². The van der Waals surface area contributed by atoms with E-state index >= 15 is 0 Å². The summed E-state index contributed by atoms with van der Waals surface area (Å²) in [4.78, 5) is 2.82. The van der Waals surface area contributed by atoms with Crippen LogP contribution in [0.3, 0.4) is 0 Å². The number of rotatable bonds is 7. The van der Waals surface area contributed by atoms with Crippen LogP contribution in [0.25, 0.3) is 0 Å². The lowest BCUT2D eigenvalue weighted by Crippen LogP contribution is -2.60. The maximum atomic E-state index is 3.83. The predicted molar refractivity (Wildman–Crippen MR) is 83.4 cm³/mol. The summed E-state index contributed by atoms with van der Waals surface area (Å²) in [5.74, 6) is 2.69. The summed E-state index contributed by atoms with van der Waals surface area (Å²) < 4.78 is 0. The second kappa shape index (κ2) is 7.08. The van der Waals surface area contributed by atoms with Gasteiger partial charge in [-0.05, 0) is 30.7 Å². The molecule has 0 aromatic heterocycles. The van der Waals surface area contributed by atoms with Gasteiger partial charge in [-0.2, -0.15) is 0 Å². The second-order valence-corrected chi connectivity index (χ2v) is 7.08. The fourth-order valence-electron chi connectivity index (χ4n) is 3.36. The molecule has 0 amide bonds. The third-order valence-electron chi connectivity index (χ3n) is 5.64. The van der Waals surface area contributed by atoms with Crippen LogP contribution in [0.15, 0.2) is 0 Å². The molecule has 2 rings (SSSR count). The number of nitrogens with one attached hydrogen (secondary N) is 1. The van der Waals surface area contributed by atoms with Crippen molar-refractivity contribution in [3.8, 4) is 0 Å². The van der Waals surface area contributed by atoms with Crippen molar-refractivity contribution in [2.45, 2.75) is 71.9 Å². The van der Waals surface area contributed by atoms with Gasteiger partial charge in [-0.1, -0.05) is 53.4 Å². The molecule has 1 saturated carbocycles. The monoisotopic (exact) mass is 266 g/mol. The average molecular weight is 266 g/mol. The molecule has 112 valence electrons. The van der Waals surface area contributed by atoms with Gasteiger partial charge in [0.2, 0.25) is 0 Å². The van der Waals surface area contributed by atoms with Gasteiger partial charge in [-0.15, -0.1) is 0 Å². The summed E-state index contributed by atoms with van der Waals surface area (Å²) in [7, 11) is 0. The molecule has 19 heavy (non-hydrogen) atoms. The Kier molecular flexibility index (Phi) is 5.70. The molecule has 2 nitrogen and oxygen atoms in total. The molecule has 0 aromatic rings. The van der Waals surface area contributed by atoms with Gasteiger partial charge in [0.25, 0.3) is 0 Å². The summed E-state index contributed by atoms with van der Waals surface area (Å²) in [6.07, 6.45) is 7.03. The topological polar surface area (TPSA) is 15.3 Å². The lowest BCUT2D eigenvalue weighted by Gasteiger charge is -2.44. The summed E-state index contributed by atoms with van der Waals surface area (Å²) in [5, 5.41) is 3.83. The molecule has 2 fully saturated rings. The molecule has 0 bridgehead atoms. The number of nitrogens with zero attached hydrogens (tertiary/aromatic N) is 1. The van der Waals surface area contributed by atoms with Crippen LogP contribution < -0.4 is 5.32 Å². The highest BCUT2D eigenvalue weighted by Gasteiger charge is 2.33. The van der Waals surface area contributed by atoms with E-state index in [0.717, 1.165) is 23.8 Å². The smallest absolute Gasteiger partial charge is 0.0246 e. The van der Waals surface area contributed by atoms with Gasteiger partial charge < -0.3 is 5.32 Å². The van der Waals surface area contributed by atoms with E-state index in [1.54, 1.807) is 0 Å². The van der Waals surface area contributed by atoms with Gasteiger partial charge in [0, 0.05) is 25.2 Å². The zero-order chi connectivity index (χ0) is 13.8. The van der Waals surface area contributed by atoms with E-state index in [1.807, 2.05) is 0 Å². The van der Waals surface area contributed by atoms with E-state index in [2.05, 4.69) is 37.9 Å². The van der Waals surface area contributed by atoms with Crippen molar-refractivity contribution in [2.24, 2.45) is 17.8 Å². The third-order valence-corrected chi connectivity index (χ3v) is 5.64. The van der Waals surface area contributed by atoms with Gasteiger partial charge in [0.05, 0.1) is 0 Å². The Bertz CT molecular complexity index is 262. The molecule has 1 heterocycles. The molecule has 1 saturated heterocycles. The summed E-state index contributed by atoms with van der Waals surface area (Å²) in [5.41, 5.74) is 0. The van der Waals surface area contributed by atoms with Crippen LogP contribution in [0.5, 0.6) is 0 Å². The van der Waals surface area contributed by atoms with Crippen LogP contribution in [0.4, 0.5) is 0 Å². The minimum atomic E-state index is 0.713. The quantitative estimate of drug-likeness (QED) is 0.758. The Morgan fingerprint density at radius 1 is 1.11 bits per heavy atom. The summed E-state index contributed by atoms with van der Waals surface area (Å²) >= 11 is 0. The fraction of sp³-hybridized carbons (Fsp3) is 1.00. The number of hydrogen-bond acceptors (Lipinski definition) is 2. The van der Waals surface area contributed by atoms with Crippen LogP contribution in [-0.4, -0.2) is 36.6 Å². The van der Waals surface area contributed by atoms with E-state index in [0.29, 0.717) is 6.04 Å². The lowest BCUT2D eigenvalue weighted by atomic mass is 9.90. The van der Waals surface area contributed by atoms with Crippen LogP contribution >= 0.6 is 0 Å². The van der Waals surface area contributed by atoms with Gasteiger partial charge in [-0.3, -0.25) is 4.90 Å². The van der Waals surface area contributed by atoms with Crippen molar-refractivity contribution in [3.05, 3.63) is 0 Å².